The van der Waals surface area contributed by atoms with Gasteiger partial charge in [0.05, 0.1) is 12.5 Å². The molecule has 390 valence electrons. The number of guanidine groups is 1. The van der Waals surface area contributed by atoms with Gasteiger partial charge in [-0.15, -0.1) is 0 Å². The number of benzene rings is 3. The van der Waals surface area contributed by atoms with E-state index in [1.165, 1.54) is 4.90 Å². The van der Waals surface area contributed by atoms with Crippen molar-refractivity contribution >= 4 is 64.1 Å². The molecule has 8 amide bonds. The monoisotopic (exact) mass is 1000 g/mol. The maximum absolute atomic E-state index is 15.2. The number of aliphatic imine (C=N–C) groups is 1. The van der Waals surface area contributed by atoms with Crippen LogP contribution < -0.4 is 54.8 Å². The first-order valence-electron chi connectivity index (χ1n) is 25.0. The van der Waals surface area contributed by atoms with E-state index in [2.05, 4.69) is 41.9 Å². The number of nitrogens with two attached hydrogens (primary N) is 4. The van der Waals surface area contributed by atoms with Gasteiger partial charge in [0, 0.05) is 56.0 Å². The Morgan fingerprint density at radius 3 is 2.21 bits per heavy atom. The quantitative estimate of drug-likeness (QED) is 0.0457. The molecule has 2 aliphatic rings. The lowest BCUT2D eigenvalue weighted by atomic mass is 10.0. The third-order valence-corrected chi connectivity index (χ3v) is 13.2. The van der Waals surface area contributed by atoms with Gasteiger partial charge in [-0.3, -0.25) is 43.3 Å². The van der Waals surface area contributed by atoms with Gasteiger partial charge in [0.2, 0.25) is 47.3 Å². The normalized spacial score (nSPS) is 22.2. The summed E-state index contributed by atoms with van der Waals surface area (Å²) in [7, 11) is 0. The minimum absolute atomic E-state index is 0.00179. The van der Waals surface area contributed by atoms with Gasteiger partial charge in [-0.2, -0.15) is 0 Å². The van der Waals surface area contributed by atoms with Crippen molar-refractivity contribution in [2.24, 2.45) is 27.9 Å². The molecule has 0 aliphatic carbocycles. The van der Waals surface area contributed by atoms with E-state index in [9.17, 15) is 28.8 Å². The Morgan fingerprint density at radius 2 is 1.47 bits per heavy atom. The third-order valence-electron chi connectivity index (χ3n) is 13.2. The van der Waals surface area contributed by atoms with Crippen LogP contribution in [0.4, 0.5) is 0 Å². The number of nitrogens with one attached hydrogen (secondary N) is 7. The second-order valence-electron chi connectivity index (χ2n) is 18.7. The van der Waals surface area contributed by atoms with Gasteiger partial charge in [-0.05, 0) is 66.8 Å². The van der Waals surface area contributed by atoms with E-state index in [1.54, 1.807) is 48.7 Å². The van der Waals surface area contributed by atoms with E-state index < -0.39 is 96.0 Å². The van der Waals surface area contributed by atoms with Crippen LogP contribution in [0, 0.1) is 0 Å². The van der Waals surface area contributed by atoms with Crippen LogP contribution in [0.25, 0.3) is 10.9 Å². The molecule has 3 aromatic carbocycles. The summed E-state index contributed by atoms with van der Waals surface area (Å²) < 4.78 is 0. The molecule has 6 rings (SSSR count). The van der Waals surface area contributed by atoms with Crippen LogP contribution in [-0.4, -0.2) is 118 Å². The lowest BCUT2D eigenvalue weighted by Crippen LogP contribution is -2.61. The van der Waals surface area contributed by atoms with Crippen LogP contribution in [0.2, 0.25) is 0 Å². The molecule has 0 spiro atoms. The molecule has 4 aromatic rings. The number of rotatable bonds is 14. The van der Waals surface area contributed by atoms with Gasteiger partial charge < -0.3 is 64.7 Å². The Balaban J connectivity index is 1.42. The molecule has 7 atom stereocenters. The largest absolute Gasteiger partial charge is 0.370 e. The molecule has 2 aliphatic heterocycles. The molecule has 1 unspecified atom stereocenters. The zero-order valence-electron chi connectivity index (χ0n) is 41.2. The summed E-state index contributed by atoms with van der Waals surface area (Å²) in [5, 5.41) is 17.5. The van der Waals surface area contributed by atoms with E-state index in [1.807, 2.05) is 43.3 Å². The van der Waals surface area contributed by atoms with E-state index in [-0.39, 0.29) is 64.1 Å². The van der Waals surface area contributed by atoms with Crippen LogP contribution in [0.15, 0.2) is 90.1 Å². The topological polar surface area (TPSA) is 344 Å². The van der Waals surface area contributed by atoms with Gasteiger partial charge >= 0.3 is 0 Å². The van der Waals surface area contributed by atoms with Crippen molar-refractivity contribution in [1.29, 1.82) is 0 Å². The molecule has 0 radical (unpaired) electrons. The third kappa shape index (κ3) is 15.6. The summed E-state index contributed by atoms with van der Waals surface area (Å²) >= 11 is 0. The van der Waals surface area contributed by atoms with Gasteiger partial charge in [-0.1, -0.05) is 92.6 Å². The Hall–Kier alpha value is -7.81. The number of amides is 8. The highest BCUT2D eigenvalue weighted by Gasteiger charge is 2.40. The van der Waals surface area contributed by atoms with Crippen LogP contribution in [-0.2, 0) is 64.2 Å². The fourth-order valence-corrected chi connectivity index (χ4v) is 9.11. The Kier molecular flexibility index (Phi) is 19.9. The van der Waals surface area contributed by atoms with Gasteiger partial charge in [0.1, 0.15) is 36.3 Å². The van der Waals surface area contributed by atoms with Crippen molar-refractivity contribution in [2.75, 3.05) is 13.1 Å². The van der Waals surface area contributed by atoms with Crippen molar-refractivity contribution in [1.82, 2.24) is 41.8 Å². The van der Waals surface area contributed by atoms with Crippen LogP contribution in [0.3, 0.4) is 0 Å². The maximum atomic E-state index is 15.2. The molecule has 21 nitrogen and oxygen atoms in total. The smallest absolute Gasteiger partial charge is 0.246 e. The predicted octanol–water partition coefficient (Wildman–Crippen LogP) is 0.0772. The Labute approximate surface area is 424 Å². The summed E-state index contributed by atoms with van der Waals surface area (Å²) in [6, 6.07) is 14.8. The number of carbonyl (C=O) groups is 8. The molecule has 1 aromatic heterocycles. The number of unbranched alkanes of at least 4 members (excludes halogenated alkanes) is 1. The lowest BCUT2D eigenvalue weighted by molar-refractivity contribution is -0.145. The molecule has 2 bridgehead atoms. The summed E-state index contributed by atoms with van der Waals surface area (Å²) in [4.78, 5) is 122. The number of aromatic nitrogens is 1. The highest BCUT2D eigenvalue weighted by Crippen LogP contribution is 2.25. The Morgan fingerprint density at radius 1 is 0.767 bits per heavy atom. The predicted molar refractivity (Wildman–Crippen MR) is 274 cm³/mol. The first-order chi connectivity index (χ1) is 35.1. The van der Waals surface area contributed by atoms with E-state index in [0.29, 0.717) is 47.9 Å². The number of hydrogen-bond acceptors (Lipinski definition) is 10. The number of fused-ring (bicyclic) bond motifs is 4. The SMILES string of the molecule is CCCC[C@H](N)C(=O)N[C@H]1CC(=O)NCCCC[C@@H](C(N)=O)NC(=O)[C@H](Cc2c[nH]c3ccccc23)NC(=O)[C@H](CCCN=C(N)N)NC(=O)[C@@H](Cc2ccccc2)N2Cc3ccccc3CC(NC1=O)C2=O. The molecule has 21 heteroatoms. The summed E-state index contributed by atoms with van der Waals surface area (Å²) in [6.45, 7) is 2.05. The number of para-hydroxylation sites is 1. The number of carbonyl (C=O) groups excluding carboxylic acids is 8. The summed E-state index contributed by atoms with van der Waals surface area (Å²) in [5.74, 6) is -5.92. The number of primary amides is 1. The average molecular weight is 1000 g/mol. The molecular formula is C52H69N13O8. The highest BCUT2D eigenvalue weighted by atomic mass is 16.2. The second kappa shape index (κ2) is 26.6. The van der Waals surface area contributed by atoms with Gasteiger partial charge in [0.25, 0.3) is 0 Å². The number of nitrogens with zero attached hydrogens (tertiary/aromatic N) is 2. The standard InChI is InChI=1S/C52H69N13O8/c1-2-3-19-36(53)46(68)62-41-28-44(66)57-23-12-11-21-38(45(54)67)60-48(70)40(27-34-29-59-37-20-10-9-18-35(34)37)63-47(69)39(22-13-24-58-52(55)56)61-50(72)43(25-31-14-5-4-6-15-31)65-30-33-17-8-7-16-32(33)26-42(51(65)73)64-49(41)71/h4-10,14-18,20,29,36,38-43,59H,2-3,11-13,19,21-28,30,53H2,1H3,(H2,54,67)(H,57,66)(H,60,70)(H,61,72)(H,62,68)(H,63,69)(H,64,71)(H4,55,56,58)/t36-,38-,39-,40-,41-,42?,43+/m0/s1. The molecule has 0 saturated carbocycles. The van der Waals surface area contributed by atoms with Crippen molar-refractivity contribution < 1.29 is 38.4 Å². The molecular weight excluding hydrogens is 935 g/mol. The zero-order chi connectivity index (χ0) is 52.4. The van der Waals surface area contributed by atoms with Crippen LogP contribution in [0.5, 0.6) is 0 Å². The average Bonchev–Trinajstić information content (AvgIpc) is 3.72. The lowest BCUT2D eigenvalue weighted by Gasteiger charge is -2.34. The first-order valence-corrected chi connectivity index (χ1v) is 25.0. The summed E-state index contributed by atoms with van der Waals surface area (Å²) in [6.07, 6.45) is 3.77. The zero-order valence-corrected chi connectivity index (χ0v) is 41.2. The first kappa shape index (κ1) is 54.5. The molecule has 15 N–H and O–H groups in total. The fourth-order valence-electron chi connectivity index (χ4n) is 9.11. The number of H-pyrrole nitrogens is 1. The van der Waals surface area contributed by atoms with Gasteiger partial charge in [0.15, 0.2) is 5.96 Å². The maximum Gasteiger partial charge on any atom is 0.246 e. The van der Waals surface area contributed by atoms with Crippen LogP contribution >= 0.6 is 0 Å². The molecule has 73 heavy (non-hydrogen) atoms. The number of hydrogen-bond donors (Lipinski definition) is 11. The molecule has 1 saturated heterocycles. The van der Waals surface area contributed by atoms with E-state index in [0.717, 1.165) is 17.3 Å². The molecule has 1 fully saturated rings. The minimum atomic E-state index is -1.46. The van der Waals surface area contributed by atoms with Crippen molar-refractivity contribution in [3.8, 4) is 0 Å². The van der Waals surface area contributed by atoms with Crippen molar-refractivity contribution in [2.45, 2.75) is 133 Å². The summed E-state index contributed by atoms with van der Waals surface area (Å²) in [5.41, 5.74) is 26.8. The van der Waals surface area contributed by atoms with E-state index in [4.69, 9.17) is 22.9 Å². The van der Waals surface area contributed by atoms with Crippen molar-refractivity contribution in [3.63, 3.8) is 0 Å². The van der Waals surface area contributed by atoms with Crippen molar-refractivity contribution in [3.05, 3.63) is 107 Å². The Bertz CT molecular complexity index is 2620. The highest BCUT2D eigenvalue weighted by molar-refractivity contribution is 5.99. The minimum Gasteiger partial charge on any atom is -0.370 e. The fraction of sp³-hybridized carbons (Fsp3) is 0.442. The van der Waals surface area contributed by atoms with Crippen LogP contribution in [0.1, 0.15) is 87.0 Å². The second-order valence-corrected chi connectivity index (χ2v) is 18.7. The van der Waals surface area contributed by atoms with E-state index >= 15 is 9.59 Å². The van der Waals surface area contributed by atoms with Gasteiger partial charge in [-0.25, -0.2) is 0 Å². The number of aromatic amines is 1. The molecule has 3 heterocycles.